The molecular weight excluding hydrogens is 202 g/mol. The van der Waals surface area contributed by atoms with Crippen molar-refractivity contribution in [3.63, 3.8) is 0 Å². The monoisotopic (exact) mass is 221 g/mol. The predicted molar refractivity (Wildman–Crippen MR) is 65.7 cm³/mol. The molecule has 0 amide bonds. The maximum absolute atomic E-state index is 11.6. The number of aryl methyl sites for hydroxylation is 1. The van der Waals surface area contributed by atoms with E-state index in [-0.39, 0.29) is 5.56 Å². The first-order valence-corrected chi connectivity index (χ1v) is 5.86. The number of pyridine rings is 1. The third kappa shape index (κ3) is 2.64. The van der Waals surface area contributed by atoms with Crippen molar-refractivity contribution in [2.75, 3.05) is 5.32 Å². The molecule has 0 aliphatic heterocycles. The zero-order valence-corrected chi connectivity index (χ0v) is 9.62. The van der Waals surface area contributed by atoms with Gasteiger partial charge in [-0.25, -0.2) is 0 Å². The van der Waals surface area contributed by atoms with E-state index in [1.54, 1.807) is 6.20 Å². The van der Waals surface area contributed by atoms with Crippen LogP contribution in [0.4, 0.5) is 5.69 Å². The van der Waals surface area contributed by atoms with Crippen LogP contribution >= 0.6 is 0 Å². The van der Waals surface area contributed by atoms with Gasteiger partial charge in [0, 0.05) is 18.3 Å². The fraction of sp³-hybridized carbons (Fsp3) is 0.583. The highest BCUT2D eigenvalue weighted by atomic mass is 16.1. The summed E-state index contributed by atoms with van der Waals surface area (Å²) in [6.07, 6.45) is 5.91. The van der Waals surface area contributed by atoms with Crippen molar-refractivity contribution in [3.05, 3.63) is 28.2 Å². The van der Waals surface area contributed by atoms with Gasteiger partial charge in [-0.15, -0.1) is 0 Å². The standard InChI is InChI=1S/C12H19N3O/c1-8-6-11(12(16)14-7-8)15-10-4-2-9(13)3-5-10/h6-7,9-10,15H,2-5,13H2,1H3,(H,14,16). The molecule has 0 spiro atoms. The summed E-state index contributed by atoms with van der Waals surface area (Å²) in [6.45, 7) is 1.97. The van der Waals surface area contributed by atoms with Crippen LogP contribution in [0.3, 0.4) is 0 Å². The van der Waals surface area contributed by atoms with Gasteiger partial charge in [0.05, 0.1) is 0 Å². The Morgan fingerprint density at radius 3 is 2.75 bits per heavy atom. The van der Waals surface area contributed by atoms with E-state index in [2.05, 4.69) is 10.3 Å². The van der Waals surface area contributed by atoms with E-state index in [0.29, 0.717) is 17.8 Å². The Hall–Kier alpha value is -1.29. The fourth-order valence-corrected chi connectivity index (χ4v) is 2.18. The summed E-state index contributed by atoms with van der Waals surface area (Å²) in [5, 5.41) is 3.31. The van der Waals surface area contributed by atoms with Crippen LogP contribution in [-0.2, 0) is 0 Å². The maximum atomic E-state index is 11.6. The van der Waals surface area contributed by atoms with E-state index in [0.717, 1.165) is 31.2 Å². The van der Waals surface area contributed by atoms with Gasteiger partial charge in [-0.1, -0.05) is 0 Å². The molecule has 1 aromatic rings. The van der Waals surface area contributed by atoms with Gasteiger partial charge < -0.3 is 16.0 Å². The molecule has 0 unspecified atom stereocenters. The van der Waals surface area contributed by atoms with Gasteiger partial charge in [0.15, 0.2) is 0 Å². The minimum Gasteiger partial charge on any atom is -0.378 e. The average molecular weight is 221 g/mol. The van der Waals surface area contributed by atoms with Crippen molar-refractivity contribution < 1.29 is 0 Å². The molecule has 4 heteroatoms. The van der Waals surface area contributed by atoms with Gasteiger partial charge in [-0.3, -0.25) is 4.79 Å². The zero-order valence-electron chi connectivity index (χ0n) is 9.62. The topological polar surface area (TPSA) is 70.9 Å². The molecule has 16 heavy (non-hydrogen) atoms. The summed E-state index contributed by atoms with van der Waals surface area (Å²) in [5.41, 5.74) is 7.55. The van der Waals surface area contributed by atoms with E-state index in [1.807, 2.05) is 13.0 Å². The average Bonchev–Trinajstić information content (AvgIpc) is 2.27. The highest BCUT2D eigenvalue weighted by molar-refractivity contribution is 5.43. The number of aromatic nitrogens is 1. The van der Waals surface area contributed by atoms with Crippen molar-refractivity contribution in [3.8, 4) is 0 Å². The summed E-state index contributed by atoms with van der Waals surface area (Å²) in [5.74, 6) is 0. The number of aromatic amines is 1. The SMILES string of the molecule is Cc1c[nH]c(=O)c(NC2CCC(N)CC2)c1. The summed E-state index contributed by atoms with van der Waals surface area (Å²) < 4.78 is 0. The molecule has 0 saturated heterocycles. The quantitative estimate of drug-likeness (QED) is 0.706. The lowest BCUT2D eigenvalue weighted by Gasteiger charge is -2.27. The molecular formula is C12H19N3O. The van der Waals surface area contributed by atoms with Crippen LogP contribution in [0.25, 0.3) is 0 Å². The van der Waals surface area contributed by atoms with Crippen LogP contribution in [0, 0.1) is 6.92 Å². The minimum atomic E-state index is -0.0412. The molecule has 1 heterocycles. The Bertz CT molecular complexity index is 405. The van der Waals surface area contributed by atoms with E-state index < -0.39 is 0 Å². The molecule has 1 aliphatic rings. The van der Waals surface area contributed by atoms with Gasteiger partial charge in [-0.2, -0.15) is 0 Å². The molecule has 1 saturated carbocycles. The number of anilines is 1. The lowest BCUT2D eigenvalue weighted by molar-refractivity contribution is 0.411. The number of H-pyrrole nitrogens is 1. The van der Waals surface area contributed by atoms with Crippen molar-refractivity contribution in [1.29, 1.82) is 0 Å². The van der Waals surface area contributed by atoms with Crippen LogP contribution in [-0.4, -0.2) is 17.1 Å². The van der Waals surface area contributed by atoms with Gasteiger partial charge >= 0.3 is 0 Å². The van der Waals surface area contributed by atoms with Gasteiger partial charge in [0.2, 0.25) is 0 Å². The van der Waals surface area contributed by atoms with Gasteiger partial charge in [0.25, 0.3) is 5.56 Å². The van der Waals surface area contributed by atoms with Crippen molar-refractivity contribution in [2.24, 2.45) is 5.73 Å². The zero-order chi connectivity index (χ0) is 11.5. The van der Waals surface area contributed by atoms with E-state index in [4.69, 9.17) is 5.73 Å². The highest BCUT2D eigenvalue weighted by Crippen LogP contribution is 2.19. The molecule has 2 rings (SSSR count). The lowest BCUT2D eigenvalue weighted by atomic mass is 9.92. The van der Waals surface area contributed by atoms with E-state index in [1.165, 1.54) is 0 Å². The Balaban J connectivity index is 2.03. The molecule has 4 nitrogen and oxygen atoms in total. The van der Waals surface area contributed by atoms with Gasteiger partial charge in [0.1, 0.15) is 5.69 Å². The van der Waals surface area contributed by atoms with Crippen molar-refractivity contribution >= 4 is 5.69 Å². The number of hydrogen-bond donors (Lipinski definition) is 3. The summed E-state index contributed by atoms with van der Waals surface area (Å²) in [6, 6.07) is 2.63. The minimum absolute atomic E-state index is 0.0412. The maximum Gasteiger partial charge on any atom is 0.271 e. The molecule has 4 N–H and O–H groups in total. The number of hydrogen-bond acceptors (Lipinski definition) is 3. The van der Waals surface area contributed by atoms with Crippen molar-refractivity contribution in [1.82, 2.24) is 4.98 Å². The lowest BCUT2D eigenvalue weighted by Crippen LogP contribution is -2.34. The Kier molecular flexibility index (Phi) is 3.29. The second-order valence-electron chi connectivity index (χ2n) is 4.68. The highest BCUT2D eigenvalue weighted by Gasteiger charge is 2.18. The number of rotatable bonds is 2. The first-order chi connectivity index (χ1) is 7.65. The van der Waals surface area contributed by atoms with Crippen LogP contribution in [0.15, 0.2) is 17.1 Å². The second kappa shape index (κ2) is 4.70. The van der Waals surface area contributed by atoms with Crippen LogP contribution < -0.4 is 16.6 Å². The van der Waals surface area contributed by atoms with Crippen LogP contribution in [0.5, 0.6) is 0 Å². The smallest absolute Gasteiger partial charge is 0.271 e. The Morgan fingerprint density at radius 1 is 1.38 bits per heavy atom. The number of nitrogens with two attached hydrogens (primary N) is 1. The van der Waals surface area contributed by atoms with Gasteiger partial charge in [-0.05, 0) is 44.2 Å². The molecule has 0 radical (unpaired) electrons. The third-order valence-corrected chi connectivity index (χ3v) is 3.18. The second-order valence-corrected chi connectivity index (χ2v) is 4.68. The predicted octanol–water partition coefficient (Wildman–Crippen LogP) is 1.37. The molecule has 88 valence electrons. The van der Waals surface area contributed by atoms with Crippen LogP contribution in [0.2, 0.25) is 0 Å². The molecule has 1 aliphatic carbocycles. The van der Waals surface area contributed by atoms with E-state index in [9.17, 15) is 4.79 Å². The third-order valence-electron chi connectivity index (χ3n) is 3.18. The summed E-state index contributed by atoms with van der Waals surface area (Å²) in [7, 11) is 0. The number of nitrogens with one attached hydrogen (secondary N) is 2. The molecule has 0 bridgehead atoms. The van der Waals surface area contributed by atoms with Crippen LogP contribution in [0.1, 0.15) is 31.2 Å². The fourth-order valence-electron chi connectivity index (χ4n) is 2.18. The molecule has 0 atom stereocenters. The Labute approximate surface area is 95.3 Å². The molecule has 1 aromatic heterocycles. The Morgan fingerprint density at radius 2 is 2.06 bits per heavy atom. The summed E-state index contributed by atoms with van der Waals surface area (Å²) >= 11 is 0. The summed E-state index contributed by atoms with van der Waals surface area (Å²) in [4.78, 5) is 14.3. The first kappa shape index (κ1) is 11.2. The molecule has 0 aromatic carbocycles. The first-order valence-electron chi connectivity index (χ1n) is 5.86. The normalized spacial score (nSPS) is 25.4. The molecule has 1 fully saturated rings. The largest absolute Gasteiger partial charge is 0.378 e. The van der Waals surface area contributed by atoms with Crippen molar-refractivity contribution in [2.45, 2.75) is 44.7 Å². The van der Waals surface area contributed by atoms with E-state index >= 15 is 0 Å².